The Kier molecular flexibility index (Phi) is 4.18. The van der Waals surface area contributed by atoms with E-state index in [2.05, 4.69) is 21.2 Å². The molecular weight excluding hydrogens is 360 g/mol. The summed E-state index contributed by atoms with van der Waals surface area (Å²) < 4.78 is 27.3. The largest absolute Gasteiger partial charge is 0.380 e. The van der Waals surface area contributed by atoms with Gasteiger partial charge in [-0.3, -0.25) is 0 Å². The molecule has 3 rings (SSSR count). The van der Waals surface area contributed by atoms with Crippen LogP contribution >= 0.6 is 27.5 Å². The smallest absolute Gasteiger partial charge is 0.147 e. The average molecular weight is 373 g/mol. The van der Waals surface area contributed by atoms with E-state index in [1.807, 2.05) is 24.3 Å². The van der Waals surface area contributed by atoms with Gasteiger partial charge in [0.05, 0.1) is 10.2 Å². The van der Waals surface area contributed by atoms with Crippen LogP contribution in [0.2, 0.25) is 5.02 Å². The van der Waals surface area contributed by atoms with Gasteiger partial charge in [-0.2, -0.15) is 0 Å². The SMILES string of the molecule is Fc1cc(NC2CC(c3ccc(Cl)cc3)C2)c(F)cc1Br. The van der Waals surface area contributed by atoms with Crippen LogP contribution in [0.15, 0.2) is 40.9 Å². The molecule has 5 heteroatoms. The number of benzene rings is 2. The molecule has 110 valence electrons. The lowest BCUT2D eigenvalue weighted by Crippen LogP contribution is -2.34. The van der Waals surface area contributed by atoms with E-state index in [1.54, 1.807) is 0 Å². The third-order valence-electron chi connectivity index (χ3n) is 3.85. The molecule has 1 aliphatic carbocycles. The first-order valence-electron chi connectivity index (χ1n) is 6.69. The molecule has 1 fully saturated rings. The third kappa shape index (κ3) is 3.22. The average Bonchev–Trinajstić information content (AvgIpc) is 2.40. The molecule has 0 spiro atoms. The van der Waals surface area contributed by atoms with E-state index >= 15 is 0 Å². The molecule has 21 heavy (non-hydrogen) atoms. The zero-order chi connectivity index (χ0) is 15.0. The summed E-state index contributed by atoms with van der Waals surface area (Å²) in [4.78, 5) is 0. The fourth-order valence-corrected chi connectivity index (χ4v) is 3.04. The molecule has 0 atom stereocenters. The van der Waals surface area contributed by atoms with E-state index in [9.17, 15) is 8.78 Å². The Hall–Kier alpha value is -1.13. The number of halogens is 4. The van der Waals surface area contributed by atoms with E-state index in [0.717, 1.165) is 23.9 Å². The van der Waals surface area contributed by atoms with Crippen molar-refractivity contribution in [2.24, 2.45) is 0 Å². The lowest BCUT2D eigenvalue weighted by molar-refractivity contribution is 0.372. The maximum absolute atomic E-state index is 13.7. The molecule has 0 saturated heterocycles. The second-order valence-corrected chi connectivity index (χ2v) is 6.60. The number of hydrogen-bond donors (Lipinski definition) is 1. The Morgan fingerprint density at radius 2 is 1.71 bits per heavy atom. The molecule has 1 saturated carbocycles. The minimum atomic E-state index is -0.465. The van der Waals surface area contributed by atoms with Crippen LogP contribution in [0.3, 0.4) is 0 Å². The van der Waals surface area contributed by atoms with Crippen molar-refractivity contribution in [3.8, 4) is 0 Å². The number of nitrogens with one attached hydrogen (secondary N) is 1. The normalized spacial score (nSPS) is 21.0. The molecule has 1 N–H and O–H groups in total. The monoisotopic (exact) mass is 371 g/mol. The van der Waals surface area contributed by atoms with Gasteiger partial charge in [-0.05, 0) is 58.5 Å². The first-order valence-corrected chi connectivity index (χ1v) is 7.86. The topological polar surface area (TPSA) is 12.0 Å². The van der Waals surface area contributed by atoms with Crippen molar-refractivity contribution in [1.29, 1.82) is 0 Å². The molecule has 0 heterocycles. The first kappa shape index (κ1) is 14.8. The number of hydrogen-bond acceptors (Lipinski definition) is 1. The van der Waals surface area contributed by atoms with Crippen LogP contribution in [-0.4, -0.2) is 6.04 Å². The van der Waals surface area contributed by atoms with E-state index in [0.29, 0.717) is 5.92 Å². The molecular formula is C16H13BrClF2N. The summed E-state index contributed by atoms with van der Waals surface area (Å²) >= 11 is 8.84. The Morgan fingerprint density at radius 3 is 2.38 bits per heavy atom. The summed E-state index contributed by atoms with van der Waals surface area (Å²) in [6, 6.07) is 10.3. The summed E-state index contributed by atoms with van der Waals surface area (Å²) in [7, 11) is 0. The van der Waals surface area contributed by atoms with E-state index in [1.165, 1.54) is 11.6 Å². The van der Waals surface area contributed by atoms with Crippen molar-refractivity contribution >= 4 is 33.2 Å². The maximum atomic E-state index is 13.7. The molecule has 0 aromatic heterocycles. The standard InChI is InChI=1S/C16H13BrClF2N/c17-13-7-15(20)16(8-14(13)19)21-12-5-10(6-12)9-1-3-11(18)4-2-9/h1-4,7-8,10,12,21H,5-6H2. The second kappa shape index (κ2) is 5.93. The maximum Gasteiger partial charge on any atom is 0.147 e. The van der Waals surface area contributed by atoms with Crippen molar-refractivity contribution in [2.75, 3.05) is 5.32 Å². The molecule has 0 amide bonds. The Labute approximate surface area is 135 Å². The van der Waals surface area contributed by atoms with E-state index in [-0.39, 0.29) is 16.2 Å². The van der Waals surface area contributed by atoms with Crippen LogP contribution in [0.1, 0.15) is 24.3 Å². The predicted molar refractivity (Wildman–Crippen MR) is 84.9 cm³/mol. The number of rotatable bonds is 3. The van der Waals surface area contributed by atoms with Gasteiger partial charge >= 0.3 is 0 Å². The molecule has 1 aliphatic rings. The van der Waals surface area contributed by atoms with Crippen LogP contribution in [0.25, 0.3) is 0 Å². The summed E-state index contributed by atoms with van der Waals surface area (Å²) in [5.74, 6) is -0.464. The molecule has 2 aromatic carbocycles. The molecule has 1 nitrogen and oxygen atoms in total. The van der Waals surface area contributed by atoms with Crippen LogP contribution in [0.4, 0.5) is 14.5 Å². The van der Waals surface area contributed by atoms with Crippen LogP contribution in [-0.2, 0) is 0 Å². The number of anilines is 1. The zero-order valence-electron chi connectivity index (χ0n) is 11.0. The van der Waals surface area contributed by atoms with Gasteiger partial charge in [0, 0.05) is 17.1 Å². The van der Waals surface area contributed by atoms with Crippen molar-refractivity contribution in [3.05, 3.63) is 63.1 Å². The van der Waals surface area contributed by atoms with Crippen molar-refractivity contribution in [1.82, 2.24) is 0 Å². The predicted octanol–water partition coefficient (Wildman–Crippen LogP) is 5.74. The summed E-state index contributed by atoms with van der Waals surface area (Å²) in [6.07, 6.45) is 1.80. The molecule has 0 aliphatic heterocycles. The highest BCUT2D eigenvalue weighted by atomic mass is 79.9. The lowest BCUT2D eigenvalue weighted by Gasteiger charge is -2.37. The van der Waals surface area contributed by atoms with Crippen molar-refractivity contribution in [2.45, 2.75) is 24.8 Å². The molecule has 2 aromatic rings. The van der Waals surface area contributed by atoms with Crippen molar-refractivity contribution < 1.29 is 8.78 Å². The third-order valence-corrected chi connectivity index (χ3v) is 4.71. The summed E-state index contributed by atoms with van der Waals surface area (Å²) in [5.41, 5.74) is 1.45. The van der Waals surface area contributed by atoms with Gasteiger partial charge in [-0.15, -0.1) is 0 Å². The van der Waals surface area contributed by atoms with Crippen molar-refractivity contribution in [3.63, 3.8) is 0 Å². The zero-order valence-corrected chi connectivity index (χ0v) is 13.4. The highest BCUT2D eigenvalue weighted by Gasteiger charge is 2.30. The van der Waals surface area contributed by atoms with E-state index in [4.69, 9.17) is 11.6 Å². The highest BCUT2D eigenvalue weighted by molar-refractivity contribution is 9.10. The quantitative estimate of drug-likeness (QED) is 0.678. The fraction of sp³-hybridized carbons (Fsp3) is 0.250. The van der Waals surface area contributed by atoms with Gasteiger partial charge in [-0.1, -0.05) is 23.7 Å². The highest BCUT2D eigenvalue weighted by Crippen LogP contribution is 2.39. The van der Waals surface area contributed by atoms with Crippen LogP contribution in [0.5, 0.6) is 0 Å². The van der Waals surface area contributed by atoms with Gasteiger partial charge in [0.15, 0.2) is 0 Å². The molecule has 0 unspecified atom stereocenters. The Balaban J connectivity index is 1.62. The van der Waals surface area contributed by atoms with Gasteiger partial charge in [0.2, 0.25) is 0 Å². The minimum Gasteiger partial charge on any atom is -0.380 e. The minimum absolute atomic E-state index is 0.137. The van der Waals surface area contributed by atoms with E-state index < -0.39 is 11.6 Å². The Bertz CT molecular complexity index is 654. The van der Waals surface area contributed by atoms with Gasteiger partial charge < -0.3 is 5.32 Å². The fourth-order valence-electron chi connectivity index (χ4n) is 2.60. The van der Waals surface area contributed by atoms with Gasteiger partial charge in [0.25, 0.3) is 0 Å². The lowest BCUT2D eigenvalue weighted by atomic mass is 9.76. The summed E-state index contributed by atoms with van der Waals surface area (Å²) in [5, 5.41) is 3.79. The second-order valence-electron chi connectivity index (χ2n) is 5.31. The molecule has 0 bridgehead atoms. The molecule has 0 radical (unpaired) electrons. The summed E-state index contributed by atoms with van der Waals surface area (Å²) in [6.45, 7) is 0. The van der Waals surface area contributed by atoms with Crippen LogP contribution < -0.4 is 5.32 Å². The van der Waals surface area contributed by atoms with Crippen LogP contribution in [0, 0.1) is 11.6 Å². The Morgan fingerprint density at radius 1 is 1.05 bits per heavy atom. The first-order chi connectivity index (χ1) is 10.0. The van der Waals surface area contributed by atoms with Gasteiger partial charge in [-0.25, -0.2) is 8.78 Å². The van der Waals surface area contributed by atoms with Gasteiger partial charge in [0.1, 0.15) is 11.6 Å².